The van der Waals surface area contributed by atoms with Crippen LogP contribution in [0.4, 0.5) is 13.2 Å². The van der Waals surface area contributed by atoms with Gasteiger partial charge in [-0.15, -0.1) is 0 Å². The van der Waals surface area contributed by atoms with Crippen LogP contribution in [-0.2, 0) is 19.1 Å². The molecule has 2 aromatic carbocycles. The Balaban J connectivity index is 1.92. The minimum Gasteiger partial charge on any atom is -0.310 e. The number of alkyl halides is 3. The van der Waals surface area contributed by atoms with Gasteiger partial charge in [0.15, 0.2) is 0 Å². The van der Waals surface area contributed by atoms with Crippen molar-refractivity contribution in [2.75, 3.05) is 0 Å². The molecular weight excluding hydrogens is 275 g/mol. The van der Waals surface area contributed by atoms with Crippen LogP contribution in [0.15, 0.2) is 54.6 Å². The first kappa shape index (κ1) is 15.6. The summed E-state index contributed by atoms with van der Waals surface area (Å²) in [6.45, 7) is 2.68. The van der Waals surface area contributed by atoms with Crippen LogP contribution in [-0.4, -0.2) is 6.04 Å². The smallest absolute Gasteiger partial charge is 0.310 e. The van der Waals surface area contributed by atoms with Gasteiger partial charge in [0.1, 0.15) is 0 Å². The molecule has 0 aliphatic rings. The van der Waals surface area contributed by atoms with E-state index in [1.165, 1.54) is 12.1 Å². The highest BCUT2D eigenvalue weighted by atomic mass is 19.4. The Labute approximate surface area is 122 Å². The van der Waals surface area contributed by atoms with E-state index < -0.39 is 11.7 Å². The lowest BCUT2D eigenvalue weighted by Gasteiger charge is -2.15. The first-order chi connectivity index (χ1) is 9.95. The highest BCUT2D eigenvalue weighted by molar-refractivity contribution is 5.26. The van der Waals surface area contributed by atoms with Crippen molar-refractivity contribution >= 4 is 0 Å². The molecule has 0 heterocycles. The molecule has 0 aliphatic heterocycles. The van der Waals surface area contributed by atoms with E-state index in [2.05, 4.69) is 5.32 Å². The molecule has 1 unspecified atom stereocenters. The van der Waals surface area contributed by atoms with Crippen molar-refractivity contribution in [1.82, 2.24) is 5.32 Å². The molecule has 112 valence electrons. The normalized spacial score (nSPS) is 13.1. The SMILES string of the molecule is CC(Cc1cccc(C(F)(F)F)c1)NCc1ccccc1. The van der Waals surface area contributed by atoms with Gasteiger partial charge in [0, 0.05) is 12.6 Å². The second-order valence-electron chi connectivity index (χ2n) is 5.17. The molecule has 0 aromatic heterocycles. The predicted octanol–water partition coefficient (Wildman–Crippen LogP) is 4.43. The van der Waals surface area contributed by atoms with Gasteiger partial charge >= 0.3 is 6.18 Å². The van der Waals surface area contributed by atoms with Crippen molar-refractivity contribution < 1.29 is 13.2 Å². The highest BCUT2D eigenvalue weighted by Crippen LogP contribution is 2.29. The van der Waals surface area contributed by atoms with Gasteiger partial charge in [-0.25, -0.2) is 0 Å². The third kappa shape index (κ3) is 4.90. The summed E-state index contributed by atoms with van der Waals surface area (Å²) >= 11 is 0. The molecule has 0 amide bonds. The third-order valence-corrected chi connectivity index (χ3v) is 3.29. The van der Waals surface area contributed by atoms with Gasteiger partial charge in [-0.2, -0.15) is 13.2 Å². The Bertz CT molecular complexity index is 564. The van der Waals surface area contributed by atoms with Crippen LogP contribution in [0.5, 0.6) is 0 Å². The molecule has 0 radical (unpaired) electrons. The van der Waals surface area contributed by atoms with E-state index in [1.54, 1.807) is 6.07 Å². The number of nitrogens with one attached hydrogen (secondary N) is 1. The number of hydrogen-bond donors (Lipinski definition) is 1. The molecule has 0 saturated carbocycles. The maximum Gasteiger partial charge on any atom is 0.416 e. The Morgan fingerprint density at radius 3 is 2.29 bits per heavy atom. The fourth-order valence-corrected chi connectivity index (χ4v) is 2.19. The van der Waals surface area contributed by atoms with Crippen LogP contribution in [0.3, 0.4) is 0 Å². The van der Waals surface area contributed by atoms with E-state index >= 15 is 0 Å². The quantitative estimate of drug-likeness (QED) is 0.860. The fraction of sp³-hybridized carbons (Fsp3) is 0.294. The summed E-state index contributed by atoms with van der Waals surface area (Å²) in [5.74, 6) is 0. The van der Waals surface area contributed by atoms with Crippen molar-refractivity contribution in [1.29, 1.82) is 0 Å². The molecule has 2 aromatic rings. The number of hydrogen-bond acceptors (Lipinski definition) is 1. The van der Waals surface area contributed by atoms with Crippen molar-refractivity contribution in [2.24, 2.45) is 0 Å². The second kappa shape index (κ2) is 6.76. The van der Waals surface area contributed by atoms with Gasteiger partial charge in [0.25, 0.3) is 0 Å². The topological polar surface area (TPSA) is 12.0 Å². The first-order valence-corrected chi connectivity index (χ1v) is 6.88. The van der Waals surface area contributed by atoms with Crippen molar-refractivity contribution in [3.63, 3.8) is 0 Å². The van der Waals surface area contributed by atoms with Gasteiger partial charge in [0.2, 0.25) is 0 Å². The molecule has 1 nitrogen and oxygen atoms in total. The minimum absolute atomic E-state index is 0.105. The van der Waals surface area contributed by atoms with Gasteiger partial charge in [0.05, 0.1) is 5.56 Å². The molecular formula is C17H18F3N. The molecule has 0 aliphatic carbocycles. The average molecular weight is 293 g/mol. The van der Waals surface area contributed by atoms with E-state index in [0.717, 1.165) is 11.6 Å². The summed E-state index contributed by atoms with van der Waals surface area (Å²) in [5.41, 5.74) is 1.27. The highest BCUT2D eigenvalue weighted by Gasteiger charge is 2.30. The Hall–Kier alpha value is -1.81. The lowest BCUT2D eigenvalue weighted by atomic mass is 10.0. The van der Waals surface area contributed by atoms with Crippen molar-refractivity contribution in [2.45, 2.75) is 32.1 Å². The summed E-state index contributed by atoms with van der Waals surface area (Å²) in [6, 6.07) is 15.5. The monoisotopic (exact) mass is 293 g/mol. The van der Waals surface area contributed by atoms with E-state index in [4.69, 9.17) is 0 Å². The maximum atomic E-state index is 12.7. The summed E-state index contributed by atoms with van der Waals surface area (Å²) in [4.78, 5) is 0. The van der Waals surface area contributed by atoms with Crippen LogP contribution >= 0.6 is 0 Å². The third-order valence-electron chi connectivity index (χ3n) is 3.29. The molecule has 1 atom stereocenters. The molecule has 2 rings (SSSR count). The number of benzene rings is 2. The van der Waals surface area contributed by atoms with Gasteiger partial charge in [-0.1, -0.05) is 48.5 Å². The molecule has 4 heteroatoms. The first-order valence-electron chi connectivity index (χ1n) is 6.88. The molecule has 1 N–H and O–H groups in total. The zero-order chi connectivity index (χ0) is 15.3. The van der Waals surface area contributed by atoms with E-state index in [0.29, 0.717) is 18.5 Å². The van der Waals surface area contributed by atoms with Gasteiger partial charge in [-0.3, -0.25) is 0 Å². The summed E-state index contributed by atoms with van der Waals surface area (Å²) in [6.07, 6.45) is -3.71. The molecule has 0 saturated heterocycles. The van der Waals surface area contributed by atoms with Crippen molar-refractivity contribution in [3.05, 3.63) is 71.3 Å². The van der Waals surface area contributed by atoms with Crippen molar-refractivity contribution in [3.8, 4) is 0 Å². The van der Waals surface area contributed by atoms with Crippen LogP contribution < -0.4 is 5.32 Å². The van der Waals surface area contributed by atoms with Crippen LogP contribution in [0, 0.1) is 0 Å². The van der Waals surface area contributed by atoms with E-state index in [-0.39, 0.29) is 6.04 Å². The largest absolute Gasteiger partial charge is 0.416 e. The zero-order valence-corrected chi connectivity index (χ0v) is 11.8. The summed E-state index contributed by atoms with van der Waals surface area (Å²) < 4.78 is 38.0. The fourth-order valence-electron chi connectivity index (χ4n) is 2.19. The molecule has 0 spiro atoms. The van der Waals surface area contributed by atoms with E-state index in [1.807, 2.05) is 37.3 Å². The van der Waals surface area contributed by atoms with Gasteiger partial charge < -0.3 is 5.32 Å². The average Bonchev–Trinajstić information content (AvgIpc) is 2.46. The number of halogens is 3. The maximum absolute atomic E-state index is 12.7. The van der Waals surface area contributed by atoms with E-state index in [9.17, 15) is 13.2 Å². The second-order valence-corrected chi connectivity index (χ2v) is 5.17. The van der Waals surface area contributed by atoms with Crippen LogP contribution in [0.2, 0.25) is 0 Å². The van der Waals surface area contributed by atoms with Crippen LogP contribution in [0.25, 0.3) is 0 Å². The lowest BCUT2D eigenvalue weighted by Crippen LogP contribution is -2.27. The molecule has 21 heavy (non-hydrogen) atoms. The standard InChI is InChI=1S/C17H18F3N/c1-13(21-12-14-6-3-2-4-7-14)10-15-8-5-9-16(11-15)17(18,19)20/h2-9,11,13,21H,10,12H2,1H3. The number of rotatable bonds is 5. The Kier molecular flexibility index (Phi) is 5.02. The Morgan fingerprint density at radius 2 is 1.62 bits per heavy atom. The zero-order valence-electron chi connectivity index (χ0n) is 11.8. The summed E-state index contributed by atoms with van der Waals surface area (Å²) in [7, 11) is 0. The van der Waals surface area contributed by atoms with Gasteiger partial charge in [-0.05, 0) is 30.5 Å². The molecule has 0 bridgehead atoms. The lowest BCUT2D eigenvalue weighted by molar-refractivity contribution is -0.137. The summed E-state index contributed by atoms with van der Waals surface area (Å²) in [5, 5.41) is 3.32. The Morgan fingerprint density at radius 1 is 0.952 bits per heavy atom. The predicted molar refractivity (Wildman–Crippen MR) is 77.9 cm³/mol. The molecule has 0 fully saturated rings. The minimum atomic E-state index is -4.28. The van der Waals surface area contributed by atoms with Crippen LogP contribution in [0.1, 0.15) is 23.6 Å².